The molecule has 20 heavy (non-hydrogen) atoms. The number of fused-ring (bicyclic) bond motifs is 3. The molecule has 3 rings (SSSR count). The van der Waals surface area contributed by atoms with E-state index in [0.717, 1.165) is 22.4 Å². The standard InChI is InChI=1S/C11H11N4.ClHO4/c1-8-7-9(2)14-11-6-4-3-5-10(11)13-15(14)12-8;2-1(3,4)5/h3-7H,1-2H3;(H,2,3,4,5)/q+1;/p-1. The lowest BCUT2D eigenvalue weighted by Gasteiger charge is -2.17. The highest BCUT2D eigenvalue weighted by Gasteiger charge is 2.14. The maximum absolute atomic E-state index is 8.49. The van der Waals surface area contributed by atoms with E-state index in [1.54, 1.807) is 4.74 Å². The van der Waals surface area contributed by atoms with Crippen LogP contribution in [0.15, 0.2) is 30.3 Å². The largest absolute Gasteiger partial charge is 0.222 e. The van der Waals surface area contributed by atoms with Gasteiger partial charge in [0.2, 0.25) is 5.52 Å². The quantitative estimate of drug-likeness (QED) is 0.393. The lowest BCUT2D eigenvalue weighted by Crippen LogP contribution is -2.68. The minimum absolute atomic E-state index is 0.962. The SMILES string of the molecule is Cc1cc(C)[n+]2c3ccccc3nn2n1.[O-][Cl+3]([O-])([O-])[O-]. The van der Waals surface area contributed by atoms with Crippen LogP contribution in [0.2, 0.25) is 0 Å². The van der Waals surface area contributed by atoms with E-state index in [0.29, 0.717) is 0 Å². The fraction of sp³-hybridized carbons (Fsp3) is 0.182. The first-order valence-electron chi connectivity index (χ1n) is 5.52. The van der Waals surface area contributed by atoms with Gasteiger partial charge in [0.25, 0.3) is 0 Å². The van der Waals surface area contributed by atoms with Crippen LogP contribution in [0.3, 0.4) is 0 Å². The van der Waals surface area contributed by atoms with Gasteiger partial charge in [-0.15, -0.1) is 14.8 Å². The zero-order valence-electron chi connectivity index (χ0n) is 10.7. The summed E-state index contributed by atoms with van der Waals surface area (Å²) in [5.74, 6) is 0. The van der Waals surface area contributed by atoms with Crippen LogP contribution in [-0.4, -0.2) is 14.9 Å². The Balaban J connectivity index is 0.000000257. The molecule has 0 aliphatic carbocycles. The molecule has 3 aromatic rings. The van der Waals surface area contributed by atoms with Crippen LogP contribution in [0.4, 0.5) is 0 Å². The van der Waals surface area contributed by atoms with E-state index in [-0.39, 0.29) is 0 Å². The summed E-state index contributed by atoms with van der Waals surface area (Å²) in [7, 11) is -4.94. The van der Waals surface area contributed by atoms with Crippen molar-refractivity contribution in [3.8, 4) is 0 Å². The zero-order valence-corrected chi connectivity index (χ0v) is 11.4. The van der Waals surface area contributed by atoms with Gasteiger partial charge in [-0.2, -0.15) is 0 Å². The van der Waals surface area contributed by atoms with Gasteiger partial charge in [-0.05, 0) is 26.0 Å². The van der Waals surface area contributed by atoms with Gasteiger partial charge in [0.05, 0.1) is 4.74 Å². The highest BCUT2D eigenvalue weighted by Crippen LogP contribution is 2.06. The number of hydrogen-bond acceptors (Lipinski definition) is 6. The molecule has 106 valence electrons. The highest BCUT2D eigenvalue weighted by molar-refractivity contribution is 5.69. The summed E-state index contributed by atoms with van der Waals surface area (Å²) in [6.07, 6.45) is 0. The molecule has 8 nitrogen and oxygen atoms in total. The van der Waals surface area contributed by atoms with Crippen molar-refractivity contribution in [1.82, 2.24) is 14.9 Å². The van der Waals surface area contributed by atoms with Gasteiger partial charge >= 0.3 is 0 Å². The summed E-state index contributed by atoms with van der Waals surface area (Å²) in [4.78, 5) is 0. The number of para-hydroxylation sites is 1. The first kappa shape index (κ1) is 14.6. The van der Waals surface area contributed by atoms with Crippen molar-refractivity contribution in [3.05, 3.63) is 41.7 Å². The van der Waals surface area contributed by atoms with Crippen molar-refractivity contribution in [2.75, 3.05) is 0 Å². The van der Waals surface area contributed by atoms with E-state index in [1.165, 1.54) is 0 Å². The second-order valence-electron chi connectivity index (χ2n) is 4.07. The Morgan fingerprint density at radius 2 is 1.65 bits per heavy atom. The molecule has 9 heteroatoms. The Morgan fingerprint density at radius 3 is 2.30 bits per heavy atom. The summed E-state index contributed by atoms with van der Waals surface area (Å²) >= 11 is 0. The summed E-state index contributed by atoms with van der Waals surface area (Å²) in [5.41, 5.74) is 4.16. The van der Waals surface area contributed by atoms with E-state index in [1.807, 2.05) is 41.8 Å². The Bertz CT molecular complexity index is 747. The summed E-state index contributed by atoms with van der Waals surface area (Å²) in [6.45, 7) is 4.03. The topological polar surface area (TPSA) is 127 Å². The lowest BCUT2D eigenvalue weighted by atomic mass is 10.3. The molecule has 1 aromatic carbocycles. The molecular formula is C11H11ClN4O4. The molecule has 0 fully saturated rings. The van der Waals surface area contributed by atoms with E-state index >= 15 is 0 Å². The molecular weight excluding hydrogens is 288 g/mol. The maximum atomic E-state index is 8.49. The number of hydrogen-bond donors (Lipinski definition) is 0. The van der Waals surface area contributed by atoms with Crippen LogP contribution in [0.1, 0.15) is 11.4 Å². The van der Waals surface area contributed by atoms with Crippen molar-refractivity contribution in [1.29, 1.82) is 0 Å². The summed E-state index contributed by atoms with van der Waals surface area (Å²) in [6, 6.07) is 10.1. The molecule has 0 bridgehead atoms. The van der Waals surface area contributed by atoms with Crippen molar-refractivity contribution in [2.24, 2.45) is 0 Å². The average Bonchev–Trinajstić information content (AvgIpc) is 2.64. The molecule has 0 aliphatic rings. The molecule has 0 spiro atoms. The molecule has 0 amide bonds. The van der Waals surface area contributed by atoms with Crippen LogP contribution in [0, 0.1) is 24.1 Å². The van der Waals surface area contributed by atoms with Gasteiger partial charge in [-0.1, -0.05) is 12.1 Å². The number of nitrogens with zero attached hydrogens (tertiary/aromatic N) is 4. The molecule has 2 aromatic heterocycles. The van der Waals surface area contributed by atoms with Crippen LogP contribution >= 0.6 is 0 Å². The van der Waals surface area contributed by atoms with Gasteiger partial charge in [-0.25, -0.2) is 18.6 Å². The van der Waals surface area contributed by atoms with Crippen LogP contribution in [0.25, 0.3) is 11.0 Å². The average molecular weight is 299 g/mol. The maximum Gasteiger partial charge on any atom is 0.207 e. The predicted molar refractivity (Wildman–Crippen MR) is 55.6 cm³/mol. The molecule has 0 saturated heterocycles. The normalized spacial score (nSPS) is 11.5. The lowest BCUT2D eigenvalue weighted by molar-refractivity contribution is -2.00. The highest BCUT2D eigenvalue weighted by atomic mass is 35.7. The first-order chi connectivity index (χ1) is 9.25. The third-order valence-corrected chi connectivity index (χ3v) is 2.49. The predicted octanol–water partition coefficient (Wildman–Crippen LogP) is -3.67. The van der Waals surface area contributed by atoms with Gasteiger partial charge in [0.1, 0.15) is 11.4 Å². The molecule has 2 heterocycles. The number of benzene rings is 1. The van der Waals surface area contributed by atoms with E-state index in [2.05, 4.69) is 17.1 Å². The second kappa shape index (κ2) is 5.27. The fourth-order valence-corrected chi connectivity index (χ4v) is 1.90. The molecule has 0 saturated carbocycles. The fourth-order valence-electron chi connectivity index (χ4n) is 1.90. The van der Waals surface area contributed by atoms with Crippen LogP contribution in [0.5, 0.6) is 0 Å². The Hall–Kier alpha value is -1.84. The third-order valence-electron chi connectivity index (χ3n) is 2.49. The second-order valence-corrected chi connectivity index (χ2v) is 4.83. The smallest absolute Gasteiger partial charge is 0.207 e. The number of halogens is 1. The molecule has 0 N–H and O–H groups in total. The Morgan fingerprint density at radius 1 is 1.05 bits per heavy atom. The van der Waals surface area contributed by atoms with Crippen molar-refractivity contribution < 1.29 is 33.4 Å². The third kappa shape index (κ3) is 3.38. The van der Waals surface area contributed by atoms with Crippen LogP contribution < -0.4 is 23.2 Å². The van der Waals surface area contributed by atoms with E-state index in [9.17, 15) is 0 Å². The van der Waals surface area contributed by atoms with Gasteiger partial charge in [-0.3, -0.25) is 0 Å². The number of aryl methyl sites for hydroxylation is 2. The van der Waals surface area contributed by atoms with Gasteiger partial charge < -0.3 is 0 Å². The van der Waals surface area contributed by atoms with Crippen molar-refractivity contribution in [3.63, 3.8) is 0 Å². The number of aromatic nitrogens is 4. The molecule has 0 atom stereocenters. The van der Waals surface area contributed by atoms with Gasteiger partial charge in [0.15, 0.2) is 5.52 Å². The number of rotatable bonds is 0. The summed E-state index contributed by atoms with van der Waals surface area (Å²) < 4.78 is 37.6. The van der Waals surface area contributed by atoms with Crippen molar-refractivity contribution in [2.45, 2.75) is 13.8 Å². The van der Waals surface area contributed by atoms with E-state index < -0.39 is 10.2 Å². The molecule has 0 radical (unpaired) electrons. The van der Waals surface area contributed by atoms with Gasteiger partial charge in [0, 0.05) is 16.3 Å². The van der Waals surface area contributed by atoms with Crippen LogP contribution in [-0.2, 0) is 0 Å². The Kier molecular flexibility index (Phi) is 3.84. The zero-order chi connectivity index (χ0) is 14.9. The monoisotopic (exact) mass is 298 g/mol. The van der Waals surface area contributed by atoms with Crippen molar-refractivity contribution >= 4 is 11.0 Å². The first-order valence-corrected chi connectivity index (χ1v) is 6.75. The minimum atomic E-state index is -4.94. The molecule has 0 unspecified atom stereocenters. The molecule has 0 aliphatic heterocycles. The minimum Gasteiger partial charge on any atom is -0.222 e. The van der Waals surface area contributed by atoms with E-state index in [4.69, 9.17) is 18.6 Å². The summed E-state index contributed by atoms with van der Waals surface area (Å²) in [5, 5.41) is 8.75. The Labute approximate surface area is 115 Å².